The fourth-order valence-electron chi connectivity index (χ4n) is 1.68. The van der Waals surface area contributed by atoms with Gasteiger partial charge in [0.2, 0.25) is 0 Å². The van der Waals surface area contributed by atoms with Crippen molar-refractivity contribution in [1.29, 1.82) is 5.26 Å². The summed E-state index contributed by atoms with van der Waals surface area (Å²) in [6, 6.07) is 10.2. The number of nitrogens with one attached hydrogen (secondary N) is 1. The van der Waals surface area contributed by atoms with Gasteiger partial charge >= 0.3 is 0 Å². The molecule has 7 nitrogen and oxygen atoms in total. The predicted molar refractivity (Wildman–Crippen MR) is 76.5 cm³/mol. The molecule has 0 bridgehead atoms. The Morgan fingerprint density at radius 1 is 1.43 bits per heavy atom. The fraction of sp³-hybridized carbons (Fsp3) is 0.143. The molecule has 0 spiro atoms. The standard InChI is InChI=1S/C14H12N4O3/c1-2-21-13-5-3-11(4-6-13)17-14-10(8-15)7-12(9-16-14)18(19)20/h3-7,9H,2H2,1H3,(H,16,17). The second kappa shape index (κ2) is 6.34. The Bertz CT molecular complexity index is 692. The van der Waals surface area contributed by atoms with E-state index in [9.17, 15) is 10.1 Å². The molecule has 1 aromatic carbocycles. The van der Waals surface area contributed by atoms with Gasteiger partial charge in [-0.15, -0.1) is 0 Å². The van der Waals surface area contributed by atoms with Crippen LogP contribution in [-0.4, -0.2) is 16.5 Å². The monoisotopic (exact) mass is 284 g/mol. The average molecular weight is 284 g/mol. The van der Waals surface area contributed by atoms with E-state index in [-0.39, 0.29) is 17.1 Å². The summed E-state index contributed by atoms with van der Waals surface area (Å²) in [6.07, 6.45) is 1.11. The van der Waals surface area contributed by atoms with E-state index >= 15 is 0 Å². The molecule has 0 saturated carbocycles. The minimum atomic E-state index is -0.589. The Hall–Kier alpha value is -3.14. The zero-order valence-electron chi connectivity index (χ0n) is 11.2. The van der Waals surface area contributed by atoms with Crippen LogP contribution in [0.3, 0.4) is 0 Å². The average Bonchev–Trinajstić information content (AvgIpc) is 2.49. The molecular formula is C14H12N4O3. The molecule has 0 unspecified atom stereocenters. The number of hydrogen-bond acceptors (Lipinski definition) is 6. The molecule has 1 N–H and O–H groups in total. The largest absolute Gasteiger partial charge is 0.494 e. The van der Waals surface area contributed by atoms with Crippen molar-refractivity contribution in [3.8, 4) is 11.8 Å². The molecule has 0 fully saturated rings. The number of nitriles is 1. The predicted octanol–water partition coefficient (Wildman–Crippen LogP) is 3.00. The number of nitro groups is 1. The van der Waals surface area contributed by atoms with Crippen molar-refractivity contribution >= 4 is 17.2 Å². The van der Waals surface area contributed by atoms with Crippen molar-refractivity contribution < 1.29 is 9.66 Å². The van der Waals surface area contributed by atoms with E-state index in [4.69, 9.17) is 10.00 Å². The van der Waals surface area contributed by atoms with Gasteiger partial charge in [-0.05, 0) is 31.2 Å². The number of rotatable bonds is 5. The van der Waals surface area contributed by atoms with E-state index in [1.54, 1.807) is 24.3 Å². The van der Waals surface area contributed by atoms with Crippen LogP contribution >= 0.6 is 0 Å². The van der Waals surface area contributed by atoms with Crippen LogP contribution in [0.1, 0.15) is 12.5 Å². The van der Waals surface area contributed by atoms with Gasteiger partial charge in [0.25, 0.3) is 5.69 Å². The highest BCUT2D eigenvalue weighted by atomic mass is 16.6. The molecule has 1 aromatic heterocycles. The molecule has 0 radical (unpaired) electrons. The van der Waals surface area contributed by atoms with Crippen molar-refractivity contribution in [3.05, 3.63) is 52.2 Å². The molecule has 0 saturated heterocycles. The van der Waals surface area contributed by atoms with Crippen molar-refractivity contribution in [2.24, 2.45) is 0 Å². The van der Waals surface area contributed by atoms with E-state index in [1.807, 2.05) is 13.0 Å². The van der Waals surface area contributed by atoms with Crippen molar-refractivity contribution in [3.63, 3.8) is 0 Å². The van der Waals surface area contributed by atoms with Gasteiger partial charge < -0.3 is 10.1 Å². The maximum Gasteiger partial charge on any atom is 0.289 e. The number of benzene rings is 1. The van der Waals surface area contributed by atoms with Gasteiger partial charge in [0.1, 0.15) is 29.4 Å². The van der Waals surface area contributed by atoms with Crippen LogP contribution in [0.15, 0.2) is 36.5 Å². The Labute approximate surface area is 121 Å². The SMILES string of the molecule is CCOc1ccc(Nc2ncc([N+](=O)[O-])cc2C#N)cc1. The molecular weight excluding hydrogens is 272 g/mol. The second-order valence-corrected chi connectivity index (χ2v) is 4.04. The molecule has 0 aliphatic rings. The molecule has 2 rings (SSSR count). The molecule has 0 atom stereocenters. The Morgan fingerprint density at radius 2 is 2.14 bits per heavy atom. The first kappa shape index (κ1) is 14.3. The quantitative estimate of drug-likeness (QED) is 0.669. The topological polar surface area (TPSA) is 101 Å². The zero-order valence-corrected chi connectivity index (χ0v) is 11.2. The molecule has 1 heterocycles. The third-order valence-corrected chi connectivity index (χ3v) is 2.63. The summed E-state index contributed by atoms with van der Waals surface area (Å²) in [5, 5.41) is 22.7. The fourth-order valence-corrected chi connectivity index (χ4v) is 1.68. The van der Waals surface area contributed by atoms with Crippen molar-refractivity contribution in [2.45, 2.75) is 6.92 Å². The van der Waals surface area contributed by atoms with Gasteiger partial charge in [-0.3, -0.25) is 10.1 Å². The molecule has 0 aliphatic carbocycles. The molecule has 2 aromatic rings. The lowest BCUT2D eigenvalue weighted by molar-refractivity contribution is -0.385. The van der Waals surface area contributed by atoms with Crippen LogP contribution in [0.25, 0.3) is 0 Å². The summed E-state index contributed by atoms with van der Waals surface area (Å²) in [4.78, 5) is 14.0. The van der Waals surface area contributed by atoms with Gasteiger partial charge in [-0.1, -0.05) is 0 Å². The zero-order chi connectivity index (χ0) is 15.2. The van der Waals surface area contributed by atoms with Crippen molar-refractivity contribution in [1.82, 2.24) is 4.98 Å². The number of anilines is 2. The minimum absolute atomic E-state index is 0.109. The van der Waals surface area contributed by atoms with Crippen LogP contribution in [-0.2, 0) is 0 Å². The first-order valence-electron chi connectivity index (χ1n) is 6.18. The Morgan fingerprint density at radius 3 is 2.71 bits per heavy atom. The van der Waals surface area contributed by atoms with E-state index in [1.165, 1.54) is 6.07 Å². The highest BCUT2D eigenvalue weighted by Crippen LogP contribution is 2.23. The second-order valence-electron chi connectivity index (χ2n) is 4.04. The summed E-state index contributed by atoms with van der Waals surface area (Å²) in [7, 11) is 0. The summed E-state index contributed by atoms with van der Waals surface area (Å²) < 4.78 is 5.33. The highest BCUT2D eigenvalue weighted by molar-refractivity contribution is 5.64. The summed E-state index contributed by atoms with van der Waals surface area (Å²) in [5.41, 5.74) is 0.596. The van der Waals surface area contributed by atoms with Gasteiger partial charge in [-0.2, -0.15) is 5.26 Å². The van der Waals surface area contributed by atoms with Gasteiger partial charge in [0.05, 0.1) is 11.5 Å². The number of aromatic nitrogens is 1. The number of pyridine rings is 1. The van der Waals surface area contributed by atoms with Crippen LogP contribution < -0.4 is 10.1 Å². The summed E-state index contributed by atoms with van der Waals surface area (Å²) in [5.74, 6) is 1.01. The Balaban J connectivity index is 2.23. The van der Waals surface area contributed by atoms with Crippen LogP contribution in [0, 0.1) is 21.4 Å². The minimum Gasteiger partial charge on any atom is -0.494 e. The van der Waals surface area contributed by atoms with E-state index in [0.717, 1.165) is 11.9 Å². The van der Waals surface area contributed by atoms with E-state index in [2.05, 4.69) is 10.3 Å². The van der Waals surface area contributed by atoms with Crippen LogP contribution in [0.2, 0.25) is 0 Å². The first-order chi connectivity index (χ1) is 10.1. The van der Waals surface area contributed by atoms with Gasteiger partial charge in [0, 0.05) is 11.8 Å². The van der Waals surface area contributed by atoms with Gasteiger partial charge in [0.15, 0.2) is 0 Å². The lowest BCUT2D eigenvalue weighted by Gasteiger charge is -2.08. The number of nitrogens with zero attached hydrogens (tertiary/aromatic N) is 3. The number of ether oxygens (including phenoxy) is 1. The van der Waals surface area contributed by atoms with Crippen molar-refractivity contribution in [2.75, 3.05) is 11.9 Å². The molecule has 7 heteroatoms. The molecule has 106 valence electrons. The molecule has 0 amide bonds. The van der Waals surface area contributed by atoms with E-state index < -0.39 is 4.92 Å². The third-order valence-electron chi connectivity index (χ3n) is 2.63. The molecule has 21 heavy (non-hydrogen) atoms. The third kappa shape index (κ3) is 3.45. The maximum atomic E-state index is 10.7. The van der Waals surface area contributed by atoms with Gasteiger partial charge in [-0.25, -0.2) is 4.98 Å². The summed E-state index contributed by atoms with van der Waals surface area (Å²) in [6.45, 7) is 2.47. The van der Waals surface area contributed by atoms with Crippen LogP contribution in [0.4, 0.5) is 17.2 Å². The lowest BCUT2D eigenvalue weighted by atomic mass is 10.2. The smallest absolute Gasteiger partial charge is 0.289 e. The lowest BCUT2D eigenvalue weighted by Crippen LogP contribution is -1.99. The number of hydrogen-bond donors (Lipinski definition) is 1. The van der Waals surface area contributed by atoms with E-state index in [0.29, 0.717) is 12.3 Å². The normalized spacial score (nSPS) is 9.71. The molecule has 0 aliphatic heterocycles. The maximum absolute atomic E-state index is 10.7. The Kier molecular flexibility index (Phi) is 4.31. The first-order valence-corrected chi connectivity index (χ1v) is 6.18. The summed E-state index contributed by atoms with van der Waals surface area (Å²) >= 11 is 0. The highest BCUT2D eigenvalue weighted by Gasteiger charge is 2.12. The van der Waals surface area contributed by atoms with Crippen LogP contribution in [0.5, 0.6) is 5.75 Å².